The van der Waals surface area contributed by atoms with Crippen molar-refractivity contribution in [1.29, 1.82) is 0 Å². The van der Waals surface area contributed by atoms with Crippen LogP contribution in [0.1, 0.15) is 50.7 Å². The van der Waals surface area contributed by atoms with E-state index in [1.807, 2.05) is 13.8 Å². The first kappa shape index (κ1) is 11.2. The van der Waals surface area contributed by atoms with Gasteiger partial charge in [0.15, 0.2) is 0 Å². The van der Waals surface area contributed by atoms with Crippen molar-refractivity contribution in [1.82, 2.24) is 0 Å². The molecule has 0 spiro atoms. The summed E-state index contributed by atoms with van der Waals surface area (Å²) < 4.78 is 27.0. The Labute approximate surface area is 84.0 Å². The maximum absolute atomic E-state index is 13.5. The van der Waals surface area contributed by atoms with Gasteiger partial charge in [0.1, 0.15) is 11.6 Å². The summed E-state index contributed by atoms with van der Waals surface area (Å²) >= 11 is 0. The van der Waals surface area contributed by atoms with E-state index >= 15 is 0 Å². The van der Waals surface area contributed by atoms with Crippen molar-refractivity contribution < 1.29 is 8.78 Å². The largest absolute Gasteiger partial charge is 0.207 e. The van der Waals surface area contributed by atoms with Crippen molar-refractivity contribution >= 4 is 0 Å². The van der Waals surface area contributed by atoms with E-state index in [4.69, 9.17) is 0 Å². The Morgan fingerprint density at radius 3 is 1.57 bits per heavy atom. The zero-order valence-corrected chi connectivity index (χ0v) is 9.07. The third-order valence-corrected chi connectivity index (χ3v) is 2.35. The summed E-state index contributed by atoms with van der Waals surface area (Å²) in [6.07, 6.45) is 0. The lowest BCUT2D eigenvalue weighted by molar-refractivity contribution is 0.536. The van der Waals surface area contributed by atoms with Crippen LogP contribution in [0, 0.1) is 11.6 Å². The molecule has 1 aromatic rings. The van der Waals surface area contributed by atoms with Crippen LogP contribution in [0.2, 0.25) is 0 Å². The zero-order valence-electron chi connectivity index (χ0n) is 9.07. The van der Waals surface area contributed by atoms with Gasteiger partial charge in [-0.25, -0.2) is 8.78 Å². The van der Waals surface area contributed by atoms with Crippen LogP contribution in [-0.2, 0) is 0 Å². The highest BCUT2D eigenvalue weighted by atomic mass is 19.1. The molecule has 1 aromatic carbocycles. The number of rotatable bonds is 2. The third-order valence-electron chi connectivity index (χ3n) is 2.35. The molecule has 0 nitrogen and oxygen atoms in total. The SMILES string of the molecule is CC(C)c1cc(F)c(C(C)C)c(F)c1. The number of benzene rings is 1. The number of hydrogen-bond acceptors (Lipinski definition) is 0. The molecule has 78 valence electrons. The molecule has 0 fully saturated rings. The molecule has 0 unspecified atom stereocenters. The fraction of sp³-hybridized carbons (Fsp3) is 0.500. The molecule has 0 saturated heterocycles. The first-order valence-electron chi connectivity index (χ1n) is 4.92. The topological polar surface area (TPSA) is 0 Å². The van der Waals surface area contributed by atoms with Gasteiger partial charge in [0, 0.05) is 5.56 Å². The minimum atomic E-state index is -0.427. The highest BCUT2D eigenvalue weighted by molar-refractivity contribution is 5.29. The van der Waals surface area contributed by atoms with Gasteiger partial charge in [-0.15, -0.1) is 0 Å². The summed E-state index contributed by atoms with van der Waals surface area (Å²) in [5.41, 5.74) is 0.902. The predicted molar refractivity (Wildman–Crippen MR) is 54.5 cm³/mol. The molecule has 0 bridgehead atoms. The summed E-state index contributed by atoms with van der Waals surface area (Å²) in [7, 11) is 0. The van der Waals surface area contributed by atoms with Crippen molar-refractivity contribution in [3.05, 3.63) is 34.9 Å². The molecule has 0 aromatic heterocycles. The van der Waals surface area contributed by atoms with Crippen molar-refractivity contribution in [3.63, 3.8) is 0 Å². The van der Waals surface area contributed by atoms with Gasteiger partial charge in [-0.3, -0.25) is 0 Å². The Morgan fingerprint density at radius 1 is 0.857 bits per heavy atom. The van der Waals surface area contributed by atoms with E-state index in [-0.39, 0.29) is 17.4 Å². The van der Waals surface area contributed by atoms with Crippen molar-refractivity contribution in [2.24, 2.45) is 0 Å². The number of hydrogen-bond donors (Lipinski definition) is 0. The first-order valence-corrected chi connectivity index (χ1v) is 4.92. The van der Waals surface area contributed by atoms with Crippen LogP contribution in [0.5, 0.6) is 0 Å². The Kier molecular flexibility index (Phi) is 3.25. The van der Waals surface area contributed by atoms with E-state index < -0.39 is 11.6 Å². The second-order valence-electron chi connectivity index (χ2n) is 4.21. The quantitative estimate of drug-likeness (QED) is 0.667. The molecule has 0 aliphatic heterocycles. The average Bonchev–Trinajstić information content (AvgIpc) is 2.01. The van der Waals surface area contributed by atoms with Crippen LogP contribution in [-0.4, -0.2) is 0 Å². The minimum absolute atomic E-state index is 0.115. The lowest BCUT2D eigenvalue weighted by atomic mass is 9.96. The molecule has 0 aliphatic rings. The van der Waals surface area contributed by atoms with Crippen molar-refractivity contribution in [2.45, 2.75) is 39.5 Å². The van der Waals surface area contributed by atoms with Crippen LogP contribution in [0.15, 0.2) is 12.1 Å². The van der Waals surface area contributed by atoms with Crippen LogP contribution in [0.25, 0.3) is 0 Å². The molecular formula is C12H16F2. The van der Waals surface area contributed by atoms with Crippen molar-refractivity contribution in [3.8, 4) is 0 Å². The van der Waals surface area contributed by atoms with Gasteiger partial charge in [-0.1, -0.05) is 27.7 Å². The molecule has 0 aliphatic carbocycles. The van der Waals surface area contributed by atoms with Gasteiger partial charge in [0.25, 0.3) is 0 Å². The summed E-state index contributed by atoms with van der Waals surface area (Å²) in [6, 6.07) is 2.87. The Hall–Kier alpha value is -0.920. The summed E-state index contributed by atoms with van der Waals surface area (Å²) in [6.45, 7) is 7.42. The van der Waals surface area contributed by atoms with Gasteiger partial charge in [0.05, 0.1) is 0 Å². The molecule has 14 heavy (non-hydrogen) atoms. The van der Waals surface area contributed by atoms with E-state index in [2.05, 4.69) is 0 Å². The van der Waals surface area contributed by atoms with E-state index in [1.165, 1.54) is 12.1 Å². The second kappa shape index (κ2) is 4.07. The lowest BCUT2D eigenvalue weighted by Crippen LogP contribution is -2.01. The zero-order chi connectivity index (χ0) is 10.9. The first-order chi connectivity index (χ1) is 6.43. The normalized spacial score (nSPS) is 11.4. The van der Waals surface area contributed by atoms with Gasteiger partial charge >= 0.3 is 0 Å². The molecule has 0 atom stereocenters. The standard InChI is InChI=1S/C12H16F2/c1-7(2)9-5-10(13)12(8(3)4)11(14)6-9/h5-8H,1-4H3. The Morgan fingerprint density at radius 2 is 1.29 bits per heavy atom. The molecule has 1 rings (SSSR count). The number of halogens is 2. The van der Waals surface area contributed by atoms with Crippen LogP contribution in [0.4, 0.5) is 8.78 Å². The highest BCUT2D eigenvalue weighted by Gasteiger charge is 2.15. The summed E-state index contributed by atoms with van der Waals surface area (Å²) in [5, 5.41) is 0. The van der Waals surface area contributed by atoms with Gasteiger partial charge < -0.3 is 0 Å². The fourth-order valence-electron chi connectivity index (χ4n) is 1.49. The summed E-state index contributed by atoms with van der Waals surface area (Å²) in [4.78, 5) is 0. The van der Waals surface area contributed by atoms with E-state index in [0.29, 0.717) is 5.56 Å². The molecule has 0 N–H and O–H groups in total. The second-order valence-corrected chi connectivity index (χ2v) is 4.21. The van der Waals surface area contributed by atoms with E-state index in [0.717, 1.165) is 0 Å². The summed E-state index contributed by atoms with van der Waals surface area (Å²) in [5.74, 6) is -0.816. The molecule has 0 heterocycles. The maximum atomic E-state index is 13.5. The van der Waals surface area contributed by atoms with Gasteiger partial charge in [-0.05, 0) is 29.5 Å². The van der Waals surface area contributed by atoms with Crippen LogP contribution < -0.4 is 0 Å². The molecule has 0 radical (unpaired) electrons. The van der Waals surface area contributed by atoms with Crippen LogP contribution >= 0.6 is 0 Å². The van der Waals surface area contributed by atoms with Gasteiger partial charge in [-0.2, -0.15) is 0 Å². The minimum Gasteiger partial charge on any atom is -0.207 e. The molecule has 0 saturated carbocycles. The smallest absolute Gasteiger partial charge is 0.129 e. The molecule has 0 amide bonds. The lowest BCUT2D eigenvalue weighted by Gasteiger charge is -2.12. The predicted octanol–water partition coefficient (Wildman–Crippen LogP) is 4.21. The fourth-order valence-corrected chi connectivity index (χ4v) is 1.49. The monoisotopic (exact) mass is 198 g/mol. The van der Waals surface area contributed by atoms with E-state index in [9.17, 15) is 8.78 Å². The van der Waals surface area contributed by atoms with Crippen molar-refractivity contribution in [2.75, 3.05) is 0 Å². The van der Waals surface area contributed by atoms with Crippen LogP contribution in [0.3, 0.4) is 0 Å². The van der Waals surface area contributed by atoms with E-state index in [1.54, 1.807) is 13.8 Å². The Bertz CT molecular complexity index is 304. The molecule has 2 heteroatoms. The molecular weight excluding hydrogens is 182 g/mol. The highest BCUT2D eigenvalue weighted by Crippen LogP contribution is 2.26. The Balaban J connectivity index is 3.25. The van der Waals surface area contributed by atoms with Gasteiger partial charge in [0.2, 0.25) is 0 Å². The average molecular weight is 198 g/mol. The third kappa shape index (κ3) is 2.11. The maximum Gasteiger partial charge on any atom is 0.129 e.